The first-order valence-corrected chi connectivity index (χ1v) is 6.32. The molecule has 0 radical (unpaired) electrons. The lowest BCUT2D eigenvalue weighted by molar-refractivity contribution is 0.125. The Bertz CT molecular complexity index is 346. The van der Waals surface area contributed by atoms with E-state index in [1.165, 1.54) is 12.8 Å². The van der Waals surface area contributed by atoms with Gasteiger partial charge in [-0.2, -0.15) is 0 Å². The van der Waals surface area contributed by atoms with E-state index in [-0.39, 0.29) is 6.04 Å². The SMILES string of the molecule is CCC(NC1CC1)C(O)c1ccc(OC)cc1. The molecule has 3 heteroatoms. The highest BCUT2D eigenvalue weighted by Gasteiger charge is 2.27. The topological polar surface area (TPSA) is 41.5 Å². The molecule has 0 amide bonds. The second-order valence-electron chi connectivity index (χ2n) is 4.67. The Morgan fingerprint density at radius 2 is 2.00 bits per heavy atom. The molecule has 2 rings (SSSR count). The Balaban J connectivity index is 2.01. The van der Waals surface area contributed by atoms with Crippen LogP contribution in [0.15, 0.2) is 24.3 Å². The predicted octanol–water partition coefficient (Wildman–Crippen LogP) is 2.26. The van der Waals surface area contributed by atoms with Crippen LogP contribution in [0.5, 0.6) is 5.75 Å². The Morgan fingerprint density at radius 1 is 1.35 bits per heavy atom. The number of benzene rings is 1. The molecule has 2 unspecified atom stereocenters. The molecule has 1 aliphatic carbocycles. The van der Waals surface area contributed by atoms with Crippen LogP contribution in [0, 0.1) is 0 Å². The number of methoxy groups -OCH3 is 1. The van der Waals surface area contributed by atoms with Crippen LogP contribution >= 0.6 is 0 Å². The quantitative estimate of drug-likeness (QED) is 0.794. The minimum absolute atomic E-state index is 0.149. The van der Waals surface area contributed by atoms with E-state index in [2.05, 4.69) is 12.2 Å². The minimum atomic E-state index is -0.438. The third kappa shape index (κ3) is 3.20. The number of hydrogen-bond donors (Lipinski definition) is 2. The molecule has 0 spiro atoms. The van der Waals surface area contributed by atoms with Crippen LogP contribution in [0.3, 0.4) is 0 Å². The summed E-state index contributed by atoms with van der Waals surface area (Å²) >= 11 is 0. The Labute approximate surface area is 103 Å². The van der Waals surface area contributed by atoms with Gasteiger partial charge in [0.2, 0.25) is 0 Å². The summed E-state index contributed by atoms with van der Waals surface area (Å²) in [6.45, 7) is 2.10. The summed E-state index contributed by atoms with van der Waals surface area (Å²) in [5, 5.41) is 13.8. The number of nitrogens with one attached hydrogen (secondary N) is 1. The molecule has 0 aromatic heterocycles. The fourth-order valence-corrected chi connectivity index (χ4v) is 2.02. The summed E-state index contributed by atoms with van der Waals surface area (Å²) in [5.74, 6) is 0.823. The molecular weight excluding hydrogens is 214 g/mol. The molecule has 1 aromatic carbocycles. The van der Waals surface area contributed by atoms with Gasteiger partial charge in [-0.05, 0) is 37.0 Å². The molecule has 0 aliphatic heterocycles. The van der Waals surface area contributed by atoms with Crippen LogP contribution < -0.4 is 10.1 Å². The molecule has 1 aliphatic rings. The molecule has 1 fully saturated rings. The molecule has 1 saturated carbocycles. The zero-order valence-corrected chi connectivity index (χ0v) is 10.5. The Kier molecular flexibility index (Phi) is 4.02. The number of aliphatic hydroxyl groups is 1. The van der Waals surface area contributed by atoms with Gasteiger partial charge in [-0.15, -0.1) is 0 Å². The van der Waals surface area contributed by atoms with E-state index in [4.69, 9.17) is 4.74 Å². The second kappa shape index (κ2) is 5.52. The maximum absolute atomic E-state index is 10.3. The summed E-state index contributed by atoms with van der Waals surface area (Å²) in [4.78, 5) is 0. The third-order valence-corrected chi connectivity index (χ3v) is 3.31. The van der Waals surface area contributed by atoms with Crippen molar-refractivity contribution in [3.8, 4) is 5.75 Å². The molecule has 3 nitrogen and oxygen atoms in total. The number of aliphatic hydroxyl groups excluding tert-OH is 1. The monoisotopic (exact) mass is 235 g/mol. The Morgan fingerprint density at radius 3 is 2.47 bits per heavy atom. The normalized spacial score (nSPS) is 18.8. The maximum Gasteiger partial charge on any atom is 0.118 e. The van der Waals surface area contributed by atoms with Gasteiger partial charge in [-0.3, -0.25) is 0 Å². The van der Waals surface area contributed by atoms with Gasteiger partial charge in [0.1, 0.15) is 5.75 Å². The first-order valence-electron chi connectivity index (χ1n) is 6.32. The second-order valence-corrected chi connectivity index (χ2v) is 4.67. The average Bonchev–Trinajstić information content (AvgIpc) is 3.19. The highest BCUT2D eigenvalue weighted by atomic mass is 16.5. The van der Waals surface area contributed by atoms with Crippen LogP contribution in [0.2, 0.25) is 0 Å². The Hall–Kier alpha value is -1.06. The first kappa shape index (κ1) is 12.4. The van der Waals surface area contributed by atoms with Crippen molar-refractivity contribution in [1.29, 1.82) is 0 Å². The molecule has 0 heterocycles. The summed E-state index contributed by atoms with van der Waals surface area (Å²) in [6.07, 6.45) is 2.98. The van der Waals surface area contributed by atoms with Crippen molar-refractivity contribution in [1.82, 2.24) is 5.32 Å². The summed E-state index contributed by atoms with van der Waals surface area (Å²) in [6, 6.07) is 8.41. The molecule has 94 valence electrons. The predicted molar refractivity (Wildman–Crippen MR) is 68.2 cm³/mol. The van der Waals surface area contributed by atoms with Gasteiger partial charge >= 0.3 is 0 Å². The van der Waals surface area contributed by atoms with E-state index in [0.29, 0.717) is 6.04 Å². The lowest BCUT2D eigenvalue weighted by atomic mass is 10.00. The first-order chi connectivity index (χ1) is 8.24. The molecule has 1 aromatic rings. The minimum Gasteiger partial charge on any atom is -0.497 e. The van der Waals surface area contributed by atoms with Gasteiger partial charge in [0.25, 0.3) is 0 Å². The van der Waals surface area contributed by atoms with E-state index in [0.717, 1.165) is 17.7 Å². The molecule has 0 saturated heterocycles. The number of ether oxygens (including phenoxy) is 1. The van der Waals surface area contributed by atoms with E-state index < -0.39 is 6.10 Å². The van der Waals surface area contributed by atoms with Crippen molar-refractivity contribution < 1.29 is 9.84 Å². The lowest BCUT2D eigenvalue weighted by Crippen LogP contribution is -2.35. The standard InChI is InChI=1S/C14H21NO2/c1-3-13(15-11-6-7-11)14(16)10-4-8-12(17-2)9-5-10/h4-5,8-9,11,13-16H,3,6-7H2,1-2H3. The molecule has 17 heavy (non-hydrogen) atoms. The van der Waals surface area contributed by atoms with E-state index in [1.807, 2.05) is 24.3 Å². The van der Waals surface area contributed by atoms with E-state index in [1.54, 1.807) is 7.11 Å². The van der Waals surface area contributed by atoms with Crippen molar-refractivity contribution in [3.05, 3.63) is 29.8 Å². The van der Waals surface area contributed by atoms with Crippen LogP contribution in [0.4, 0.5) is 0 Å². The van der Waals surface area contributed by atoms with Gasteiger partial charge in [-0.25, -0.2) is 0 Å². The van der Waals surface area contributed by atoms with Crippen molar-refractivity contribution in [2.45, 2.75) is 44.4 Å². The zero-order valence-electron chi connectivity index (χ0n) is 10.5. The summed E-state index contributed by atoms with van der Waals surface area (Å²) in [5.41, 5.74) is 0.950. The van der Waals surface area contributed by atoms with Gasteiger partial charge in [0.15, 0.2) is 0 Å². The summed E-state index contributed by atoms with van der Waals surface area (Å²) in [7, 11) is 1.65. The van der Waals surface area contributed by atoms with Crippen LogP contribution in [-0.4, -0.2) is 24.3 Å². The van der Waals surface area contributed by atoms with E-state index in [9.17, 15) is 5.11 Å². The van der Waals surface area contributed by atoms with Gasteiger partial charge in [0.05, 0.1) is 13.2 Å². The molecular formula is C14H21NO2. The van der Waals surface area contributed by atoms with Gasteiger partial charge in [-0.1, -0.05) is 19.1 Å². The van der Waals surface area contributed by atoms with Crippen LogP contribution in [-0.2, 0) is 0 Å². The number of hydrogen-bond acceptors (Lipinski definition) is 3. The van der Waals surface area contributed by atoms with Crippen molar-refractivity contribution in [2.24, 2.45) is 0 Å². The molecule has 2 N–H and O–H groups in total. The zero-order chi connectivity index (χ0) is 12.3. The average molecular weight is 235 g/mol. The highest BCUT2D eigenvalue weighted by molar-refractivity contribution is 5.29. The maximum atomic E-state index is 10.3. The van der Waals surface area contributed by atoms with Crippen molar-refractivity contribution in [2.75, 3.05) is 7.11 Å². The lowest BCUT2D eigenvalue weighted by Gasteiger charge is -2.23. The highest BCUT2D eigenvalue weighted by Crippen LogP contribution is 2.26. The largest absolute Gasteiger partial charge is 0.497 e. The van der Waals surface area contributed by atoms with E-state index >= 15 is 0 Å². The molecule has 0 bridgehead atoms. The van der Waals surface area contributed by atoms with Gasteiger partial charge < -0.3 is 15.2 Å². The fourth-order valence-electron chi connectivity index (χ4n) is 2.02. The summed E-state index contributed by atoms with van der Waals surface area (Å²) < 4.78 is 5.11. The fraction of sp³-hybridized carbons (Fsp3) is 0.571. The smallest absolute Gasteiger partial charge is 0.118 e. The van der Waals surface area contributed by atoms with Crippen molar-refractivity contribution >= 4 is 0 Å². The van der Waals surface area contributed by atoms with Crippen molar-refractivity contribution in [3.63, 3.8) is 0 Å². The third-order valence-electron chi connectivity index (χ3n) is 3.31. The molecule has 2 atom stereocenters. The van der Waals surface area contributed by atoms with Crippen LogP contribution in [0.1, 0.15) is 37.9 Å². The van der Waals surface area contributed by atoms with Gasteiger partial charge in [0, 0.05) is 12.1 Å². The van der Waals surface area contributed by atoms with Crippen LogP contribution in [0.25, 0.3) is 0 Å². The number of rotatable bonds is 6.